The molecule has 0 aromatic heterocycles. The molecular formula is C9H16ClNO2. The lowest BCUT2D eigenvalue weighted by atomic mass is 9.72. The lowest BCUT2D eigenvalue weighted by Gasteiger charge is -2.48. The molecule has 0 radical (unpaired) electrons. The molecule has 1 saturated heterocycles. The van der Waals surface area contributed by atoms with Crippen molar-refractivity contribution < 1.29 is 9.53 Å². The number of carbonyl (C=O) groups excluding carboxylic acids is 1. The second-order valence-electron chi connectivity index (χ2n) is 3.62. The van der Waals surface area contributed by atoms with E-state index in [-0.39, 0.29) is 17.4 Å². The monoisotopic (exact) mass is 205 g/mol. The molecule has 76 valence electrons. The number of amides is 1. The topological polar surface area (TPSA) is 52.3 Å². The minimum Gasteiger partial charge on any atom is -0.376 e. The fourth-order valence-electron chi connectivity index (χ4n) is 1.82. The van der Waals surface area contributed by atoms with E-state index in [1.54, 1.807) is 0 Å². The van der Waals surface area contributed by atoms with Gasteiger partial charge in [0.25, 0.3) is 0 Å². The van der Waals surface area contributed by atoms with Crippen LogP contribution in [0.3, 0.4) is 0 Å². The van der Waals surface area contributed by atoms with E-state index in [2.05, 4.69) is 6.92 Å². The normalized spacial score (nSPS) is 32.6. The van der Waals surface area contributed by atoms with Crippen molar-refractivity contribution in [3.05, 3.63) is 0 Å². The Balaban J connectivity index is 2.51. The summed E-state index contributed by atoms with van der Waals surface area (Å²) in [6, 6.07) is 0. The van der Waals surface area contributed by atoms with Gasteiger partial charge in [0, 0.05) is 11.3 Å². The van der Waals surface area contributed by atoms with E-state index < -0.39 is 0 Å². The molecule has 0 bridgehead atoms. The molecule has 2 N–H and O–H groups in total. The molecule has 4 heteroatoms. The number of rotatable bonds is 5. The highest BCUT2D eigenvalue weighted by atomic mass is 35.5. The molecule has 1 aliphatic rings. The van der Waals surface area contributed by atoms with Crippen LogP contribution >= 0.6 is 11.6 Å². The van der Waals surface area contributed by atoms with Crippen LogP contribution in [-0.2, 0) is 9.53 Å². The van der Waals surface area contributed by atoms with Gasteiger partial charge in [0.15, 0.2) is 0 Å². The van der Waals surface area contributed by atoms with Crippen LogP contribution in [0, 0.1) is 5.41 Å². The van der Waals surface area contributed by atoms with Crippen LogP contribution in [0.2, 0.25) is 0 Å². The number of nitrogens with two attached hydrogens (primary N) is 1. The van der Waals surface area contributed by atoms with Gasteiger partial charge in [-0.05, 0) is 12.8 Å². The molecule has 2 atom stereocenters. The van der Waals surface area contributed by atoms with Crippen LogP contribution in [0.4, 0.5) is 0 Å². The molecule has 0 aliphatic carbocycles. The quantitative estimate of drug-likeness (QED) is 0.688. The fraction of sp³-hybridized carbons (Fsp3) is 0.889. The summed E-state index contributed by atoms with van der Waals surface area (Å²) in [5, 5.41) is 0. The zero-order chi connectivity index (χ0) is 9.90. The minimum absolute atomic E-state index is 0.00579. The van der Waals surface area contributed by atoms with E-state index in [9.17, 15) is 4.79 Å². The van der Waals surface area contributed by atoms with Crippen LogP contribution in [0.25, 0.3) is 0 Å². The van der Waals surface area contributed by atoms with Gasteiger partial charge < -0.3 is 10.5 Å². The van der Waals surface area contributed by atoms with Crippen molar-refractivity contribution >= 4 is 17.5 Å². The summed E-state index contributed by atoms with van der Waals surface area (Å²) in [6.07, 6.45) is 2.22. The molecular weight excluding hydrogens is 190 g/mol. The smallest absolute Gasteiger partial charge is 0.220 e. The van der Waals surface area contributed by atoms with E-state index in [0.29, 0.717) is 18.9 Å². The van der Waals surface area contributed by atoms with Crippen LogP contribution in [0.1, 0.15) is 26.2 Å². The van der Waals surface area contributed by atoms with E-state index in [4.69, 9.17) is 22.1 Å². The van der Waals surface area contributed by atoms with E-state index in [0.717, 1.165) is 12.8 Å². The van der Waals surface area contributed by atoms with Crippen molar-refractivity contribution in [1.29, 1.82) is 0 Å². The molecule has 0 spiro atoms. The SMILES string of the molecule is CCC1(CCCl)COC1CC(N)=O. The largest absolute Gasteiger partial charge is 0.376 e. The van der Waals surface area contributed by atoms with Gasteiger partial charge in [0.1, 0.15) is 0 Å². The van der Waals surface area contributed by atoms with Crippen molar-refractivity contribution in [2.24, 2.45) is 11.1 Å². The second-order valence-corrected chi connectivity index (χ2v) is 4.00. The van der Waals surface area contributed by atoms with Crippen LogP contribution in [0.15, 0.2) is 0 Å². The van der Waals surface area contributed by atoms with Gasteiger partial charge in [-0.1, -0.05) is 6.92 Å². The van der Waals surface area contributed by atoms with Crippen LogP contribution in [0.5, 0.6) is 0 Å². The summed E-state index contributed by atoms with van der Waals surface area (Å²) in [5.74, 6) is 0.323. The molecule has 1 aliphatic heterocycles. The Morgan fingerprint density at radius 1 is 1.77 bits per heavy atom. The molecule has 3 nitrogen and oxygen atoms in total. The maximum atomic E-state index is 10.7. The summed E-state index contributed by atoms with van der Waals surface area (Å²) in [6.45, 7) is 2.82. The number of hydrogen-bond acceptors (Lipinski definition) is 2. The van der Waals surface area contributed by atoms with Crippen LogP contribution in [-0.4, -0.2) is 24.5 Å². The van der Waals surface area contributed by atoms with Crippen molar-refractivity contribution in [3.63, 3.8) is 0 Å². The number of hydrogen-bond donors (Lipinski definition) is 1. The number of primary amides is 1. The van der Waals surface area contributed by atoms with Gasteiger partial charge >= 0.3 is 0 Å². The lowest BCUT2D eigenvalue weighted by Crippen LogP contribution is -2.53. The lowest BCUT2D eigenvalue weighted by molar-refractivity contribution is -0.193. The Morgan fingerprint density at radius 3 is 2.77 bits per heavy atom. The predicted octanol–water partition coefficient (Wildman–Crippen LogP) is 1.29. The highest BCUT2D eigenvalue weighted by Gasteiger charge is 2.46. The average Bonchev–Trinajstić information content (AvgIpc) is 2.08. The standard InChI is InChI=1S/C9H16ClNO2/c1-2-9(3-4-10)6-13-7(9)5-8(11)12/h7H,2-6H2,1H3,(H2,11,12). The first-order valence-electron chi connectivity index (χ1n) is 4.60. The van der Waals surface area contributed by atoms with Crippen molar-refractivity contribution in [2.45, 2.75) is 32.3 Å². The molecule has 0 aromatic carbocycles. The molecule has 1 amide bonds. The van der Waals surface area contributed by atoms with Gasteiger partial charge in [-0.25, -0.2) is 0 Å². The molecule has 0 aromatic rings. The number of ether oxygens (including phenoxy) is 1. The second kappa shape index (κ2) is 4.29. The maximum Gasteiger partial charge on any atom is 0.220 e. The van der Waals surface area contributed by atoms with Gasteiger partial charge in [0.2, 0.25) is 5.91 Å². The van der Waals surface area contributed by atoms with Gasteiger partial charge in [-0.2, -0.15) is 0 Å². The summed E-state index contributed by atoms with van der Waals surface area (Å²) in [4.78, 5) is 10.7. The van der Waals surface area contributed by atoms with Gasteiger partial charge in [-0.15, -0.1) is 11.6 Å². The van der Waals surface area contributed by atoms with Gasteiger partial charge in [0.05, 0.1) is 19.1 Å². The minimum atomic E-state index is -0.294. The van der Waals surface area contributed by atoms with Crippen LogP contribution < -0.4 is 5.73 Å². The van der Waals surface area contributed by atoms with E-state index in [1.165, 1.54) is 0 Å². The number of alkyl halides is 1. The first-order valence-corrected chi connectivity index (χ1v) is 5.14. The highest BCUT2D eigenvalue weighted by molar-refractivity contribution is 6.17. The summed E-state index contributed by atoms with van der Waals surface area (Å²) >= 11 is 5.71. The third-order valence-electron chi connectivity index (χ3n) is 2.94. The maximum absolute atomic E-state index is 10.7. The zero-order valence-corrected chi connectivity index (χ0v) is 8.64. The fourth-order valence-corrected chi connectivity index (χ4v) is 2.20. The Bertz CT molecular complexity index is 194. The summed E-state index contributed by atoms with van der Waals surface area (Å²) in [5.41, 5.74) is 5.23. The number of carbonyl (C=O) groups is 1. The molecule has 1 fully saturated rings. The number of halogens is 1. The van der Waals surface area contributed by atoms with E-state index in [1.807, 2.05) is 0 Å². The Morgan fingerprint density at radius 2 is 2.46 bits per heavy atom. The van der Waals surface area contributed by atoms with E-state index >= 15 is 0 Å². The Hall–Kier alpha value is -0.280. The molecule has 1 heterocycles. The first-order chi connectivity index (χ1) is 6.14. The molecule has 2 unspecified atom stereocenters. The third kappa shape index (κ3) is 2.15. The average molecular weight is 206 g/mol. The third-order valence-corrected chi connectivity index (χ3v) is 3.13. The summed E-state index contributed by atoms with van der Waals surface area (Å²) in [7, 11) is 0. The summed E-state index contributed by atoms with van der Waals surface area (Å²) < 4.78 is 5.34. The van der Waals surface area contributed by atoms with Crippen molar-refractivity contribution in [2.75, 3.05) is 12.5 Å². The zero-order valence-electron chi connectivity index (χ0n) is 7.88. The predicted molar refractivity (Wildman–Crippen MR) is 51.6 cm³/mol. The molecule has 0 saturated carbocycles. The Kier molecular flexibility index (Phi) is 3.56. The highest BCUT2D eigenvalue weighted by Crippen LogP contribution is 2.43. The Labute approximate surface area is 83.6 Å². The molecule has 1 rings (SSSR count). The van der Waals surface area contributed by atoms with Crippen molar-refractivity contribution in [3.8, 4) is 0 Å². The van der Waals surface area contributed by atoms with Crippen molar-refractivity contribution in [1.82, 2.24) is 0 Å². The molecule has 13 heavy (non-hydrogen) atoms. The first kappa shape index (κ1) is 10.8. The van der Waals surface area contributed by atoms with Gasteiger partial charge in [-0.3, -0.25) is 4.79 Å².